The highest BCUT2D eigenvalue weighted by atomic mass is 79.9. The Bertz CT molecular complexity index is 529. The minimum Gasteiger partial charge on any atom is -0.322 e. The number of carbonyl (C=O) groups excluding carboxylic acids is 1. The van der Waals surface area contributed by atoms with E-state index in [4.69, 9.17) is 0 Å². The molecule has 0 heterocycles. The fourth-order valence-electron chi connectivity index (χ4n) is 1.69. The van der Waals surface area contributed by atoms with E-state index in [9.17, 15) is 4.79 Å². The number of carbonyl (C=O) groups is 1. The number of anilines is 1. The third-order valence-electron chi connectivity index (χ3n) is 2.72. The van der Waals surface area contributed by atoms with Crippen molar-refractivity contribution in [2.24, 2.45) is 0 Å². The molecule has 1 amide bonds. The number of benzene rings is 2. The Morgan fingerprint density at radius 2 is 1.65 bits per heavy atom. The van der Waals surface area contributed by atoms with Crippen LogP contribution in [0.15, 0.2) is 54.6 Å². The first-order valence-corrected chi connectivity index (χ1v) is 6.14. The van der Waals surface area contributed by atoms with Crippen LogP contribution in [0.25, 0.3) is 0 Å². The van der Waals surface area contributed by atoms with Crippen molar-refractivity contribution in [2.45, 2.75) is 6.54 Å². The predicted molar refractivity (Wildman–Crippen MR) is 87.1 cm³/mol. The Hall–Kier alpha value is -1.69. The smallest absolute Gasteiger partial charge is 0.255 e. The highest BCUT2D eigenvalue weighted by molar-refractivity contribution is 8.93. The van der Waals surface area contributed by atoms with Crippen molar-refractivity contribution < 1.29 is 4.79 Å². The summed E-state index contributed by atoms with van der Waals surface area (Å²) in [4.78, 5) is 11.9. The number of hydrogen-bond acceptors (Lipinski definition) is 3. The number of hydrogen-bond donors (Lipinski definition) is 3. The monoisotopic (exact) mass is 335 g/mol. The van der Waals surface area contributed by atoms with Crippen LogP contribution in [0.4, 0.5) is 5.69 Å². The molecular formula is C15H18BrN3O. The second-order valence-electron chi connectivity index (χ2n) is 4.12. The van der Waals surface area contributed by atoms with Crippen molar-refractivity contribution in [1.82, 2.24) is 10.9 Å². The molecule has 106 valence electrons. The normalized spacial score (nSPS) is 9.65. The number of nitrogens with one attached hydrogen (secondary N) is 3. The predicted octanol–water partition coefficient (Wildman–Crippen LogP) is 2.74. The molecule has 0 saturated heterocycles. The van der Waals surface area contributed by atoms with Gasteiger partial charge >= 0.3 is 0 Å². The molecule has 2 aromatic rings. The maximum Gasteiger partial charge on any atom is 0.255 e. The van der Waals surface area contributed by atoms with Gasteiger partial charge in [0.15, 0.2) is 0 Å². The summed E-state index contributed by atoms with van der Waals surface area (Å²) in [5, 5.41) is 2.87. The number of halogens is 1. The van der Waals surface area contributed by atoms with Gasteiger partial charge in [-0.3, -0.25) is 15.6 Å². The Morgan fingerprint density at radius 3 is 2.25 bits per heavy atom. The lowest BCUT2D eigenvalue weighted by Crippen LogP contribution is -2.26. The van der Waals surface area contributed by atoms with Gasteiger partial charge in [0.05, 0.1) is 0 Å². The van der Waals surface area contributed by atoms with E-state index in [1.54, 1.807) is 12.1 Å². The van der Waals surface area contributed by atoms with E-state index in [0.29, 0.717) is 5.56 Å². The largest absolute Gasteiger partial charge is 0.322 e. The lowest BCUT2D eigenvalue weighted by atomic mass is 10.2. The van der Waals surface area contributed by atoms with Crippen LogP contribution < -0.4 is 16.2 Å². The van der Waals surface area contributed by atoms with E-state index < -0.39 is 0 Å². The van der Waals surface area contributed by atoms with Gasteiger partial charge in [-0.05, 0) is 36.9 Å². The van der Waals surface area contributed by atoms with E-state index in [2.05, 4.69) is 16.2 Å². The van der Waals surface area contributed by atoms with Crippen molar-refractivity contribution in [2.75, 3.05) is 12.4 Å². The van der Waals surface area contributed by atoms with Crippen molar-refractivity contribution in [3.8, 4) is 0 Å². The first-order valence-electron chi connectivity index (χ1n) is 6.14. The fourth-order valence-corrected chi connectivity index (χ4v) is 1.69. The first-order chi connectivity index (χ1) is 9.29. The number of rotatable bonds is 5. The molecule has 5 heteroatoms. The molecule has 0 aromatic heterocycles. The van der Waals surface area contributed by atoms with Crippen molar-refractivity contribution in [1.29, 1.82) is 0 Å². The molecule has 2 aromatic carbocycles. The summed E-state index contributed by atoms with van der Waals surface area (Å²) in [5.74, 6) is -0.0956. The maximum atomic E-state index is 11.9. The third-order valence-corrected chi connectivity index (χ3v) is 2.72. The van der Waals surface area contributed by atoms with Gasteiger partial charge in [0.1, 0.15) is 0 Å². The zero-order chi connectivity index (χ0) is 13.5. The molecule has 0 bridgehead atoms. The molecule has 0 fully saturated rings. The summed E-state index contributed by atoms with van der Waals surface area (Å²) >= 11 is 0. The zero-order valence-corrected chi connectivity index (χ0v) is 12.9. The van der Waals surface area contributed by atoms with Crippen molar-refractivity contribution >= 4 is 28.6 Å². The van der Waals surface area contributed by atoms with Crippen LogP contribution in [-0.4, -0.2) is 13.0 Å². The maximum absolute atomic E-state index is 11.9. The molecule has 4 nitrogen and oxygen atoms in total. The Labute approximate surface area is 129 Å². The highest BCUT2D eigenvalue weighted by Gasteiger charge is 2.04. The van der Waals surface area contributed by atoms with Crippen LogP contribution in [0.1, 0.15) is 15.9 Å². The average molecular weight is 336 g/mol. The second kappa shape index (κ2) is 8.47. The molecule has 20 heavy (non-hydrogen) atoms. The Morgan fingerprint density at radius 1 is 1.00 bits per heavy atom. The fraction of sp³-hybridized carbons (Fsp3) is 0.133. The molecule has 2 rings (SSSR count). The molecule has 0 atom stereocenters. The number of hydrazine groups is 1. The van der Waals surface area contributed by atoms with Crippen molar-refractivity contribution in [3.63, 3.8) is 0 Å². The lowest BCUT2D eigenvalue weighted by molar-refractivity contribution is 0.102. The van der Waals surface area contributed by atoms with Crippen LogP contribution in [0, 0.1) is 0 Å². The Balaban J connectivity index is 0.00000200. The summed E-state index contributed by atoms with van der Waals surface area (Å²) in [6, 6.07) is 16.9. The second-order valence-corrected chi connectivity index (χ2v) is 4.12. The molecule has 0 spiro atoms. The van der Waals surface area contributed by atoms with Crippen LogP contribution >= 0.6 is 17.0 Å². The summed E-state index contributed by atoms with van der Waals surface area (Å²) in [6.07, 6.45) is 0. The zero-order valence-electron chi connectivity index (χ0n) is 11.2. The van der Waals surface area contributed by atoms with E-state index >= 15 is 0 Å². The van der Waals surface area contributed by atoms with Gasteiger partial charge < -0.3 is 5.32 Å². The minimum atomic E-state index is -0.0956. The molecule has 0 radical (unpaired) electrons. The summed E-state index contributed by atoms with van der Waals surface area (Å²) in [5.41, 5.74) is 8.47. The summed E-state index contributed by atoms with van der Waals surface area (Å²) in [6.45, 7) is 0.739. The van der Waals surface area contributed by atoms with Crippen LogP contribution in [0.3, 0.4) is 0 Å². The minimum absolute atomic E-state index is 0. The van der Waals surface area contributed by atoms with Crippen molar-refractivity contribution in [3.05, 3.63) is 65.7 Å². The third kappa shape index (κ3) is 4.77. The molecular weight excluding hydrogens is 318 g/mol. The lowest BCUT2D eigenvalue weighted by Gasteiger charge is -2.07. The van der Waals surface area contributed by atoms with Gasteiger partial charge in [-0.2, -0.15) is 0 Å². The van der Waals surface area contributed by atoms with E-state index in [1.807, 2.05) is 49.5 Å². The SMILES string of the molecule is Br.CNNCc1ccc(NC(=O)c2ccccc2)cc1. The van der Waals surface area contributed by atoms with E-state index in [1.165, 1.54) is 0 Å². The quantitative estimate of drug-likeness (QED) is 0.736. The van der Waals surface area contributed by atoms with Gasteiger partial charge in [0.2, 0.25) is 0 Å². The van der Waals surface area contributed by atoms with E-state index in [-0.39, 0.29) is 22.9 Å². The van der Waals surface area contributed by atoms with Crippen LogP contribution in [0.2, 0.25) is 0 Å². The topological polar surface area (TPSA) is 53.2 Å². The molecule has 3 N–H and O–H groups in total. The molecule has 0 unspecified atom stereocenters. The first kappa shape index (κ1) is 16.4. The van der Waals surface area contributed by atoms with Gasteiger partial charge in [-0.25, -0.2) is 0 Å². The molecule has 0 aliphatic carbocycles. The van der Waals surface area contributed by atoms with Gasteiger partial charge in [0.25, 0.3) is 5.91 Å². The van der Waals surface area contributed by atoms with Gasteiger partial charge in [-0.1, -0.05) is 30.3 Å². The van der Waals surface area contributed by atoms with Crippen LogP contribution in [-0.2, 0) is 6.54 Å². The van der Waals surface area contributed by atoms with Gasteiger partial charge in [-0.15, -0.1) is 17.0 Å². The Kier molecular flexibility index (Phi) is 6.93. The average Bonchev–Trinajstić information content (AvgIpc) is 2.47. The standard InChI is InChI=1S/C15H17N3O.BrH/c1-16-17-11-12-7-9-14(10-8-12)18-15(19)13-5-3-2-4-6-13;/h2-10,16-17H,11H2,1H3,(H,18,19);1H. The molecule has 0 aliphatic rings. The van der Waals surface area contributed by atoms with Crippen LogP contribution in [0.5, 0.6) is 0 Å². The van der Waals surface area contributed by atoms with E-state index in [0.717, 1.165) is 17.8 Å². The highest BCUT2D eigenvalue weighted by Crippen LogP contribution is 2.11. The van der Waals surface area contributed by atoms with Gasteiger partial charge in [0, 0.05) is 17.8 Å². The summed E-state index contributed by atoms with van der Waals surface area (Å²) in [7, 11) is 1.83. The summed E-state index contributed by atoms with van der Waals surface area (Å²) < 4.78 is 0. The molecule has 0 aliphatic heterocycles. The number of amides is 1. The molecule has 0 saturated carbocycles.